The molecule has 0 spiro atoms. The SMILES string of the molecule is C#CC(CC)NC(C)(C)CCc1ccccc1. The van der Waals surface area contributed by atoms with Crippen LogP contribution in [0.2, 0.25) is 0 Å². The molecule has 1 aromatic carbocycles. The fourth-order valence-electron chi connectivity index (χ4n) is 1.91. The van der Waals surface area contributed by atoms with Crippen molar-refractivity contribution in [3.05, 3.63) is 35.9 Å². The first-order valence-corrected chi connectivity index (χ1v) is 6.35. The number of aryl methyl sites for hydroxylation is 1. The molecule has 0 bridgehead atoms. The van der Waals surface area contributed by atoms with Crippen LogP contribution in [0.25, 0.3) is 0 Å². The molecule has 0 aliphatic carbocycles. The summed E-state index contributed by atoms with van der Waals surface area (Å²) in [6, 6.07) is 10.8. The maximum absolute atomic E-state index is 5.49. The summed E-state index contributed by atoms with van der Waals surface area (Å²) in [4.78, 5) is 0. The van der Waals surface area contributed by atoms with Gasteiger partial charge in [0.05, 0.1) is 6.04 Å². The van der Waals surface area contributed by atoms with Crippen molar-refractivity contribution >= 4 is 0 Å². The van der Waals surface area contributed by atoms with Gasteiger partial charge in [-0.15, -0.1) is 6.42 Å². The van der Waals surface area contributed by atoms with E-state index in [1.165, 1.54) is 5.56 Å². The fourth-order valence-corrected chi connectivity index (χ4v) is 1.91. The van der Waals surface area contributed by atoms with Crippen LogP contribution >= 0.6 is 0 Å². The molecular formula is C16H23N. The van der Waals surface area contributed by atoms with Crippen LogP contribution in [0, 0.1) is 12.3 Å². The van der Waals surface area contributed by atoms with Crippen LogP contribution in [0.4, 0.5) is 0 Å². The molecule has 92 valence electrons. The third-order valence-electron chi connectivity index (χ3n) is 3.06. The molecule has 0 saturated carbocycles. The highest BCUT2D eigenvalue weighted by Crippen LogP contribution is 2.14. The third-order valence-corrected chi connectivity index (χ3v) is 3.06. The molecule has 1 heteroatoms. The number of rotatable bonds is 6. The van der Waals surface area contributed by atoms with Crippen LogP contribution in [0.3, 0.4) is 0 Å². The topological polar surface area (TPSA) is 12.0 Å². The average Bonchev–Trinajstić information content (AvgIpc) is 2.35. The summed E-state index contributed by atoms with van der Waals surface area (Å²) in [6.45, 7) is 6.55. The number of terminal acetylenes is 1. The first-order valence-electron chi connectivity index (χ1n) is 6.35. The minimum atomic E-state index is 0.0862. The number of hydrogen-bond donors (Lipinski definition) is 1. The van der Waals surface area contributed by atoms with Gasteiger partial charge in [-0.2, -0.15) is 0 Å². The number of benzene rings is 1. The Morgan fingerprint density at radius 1 is 1.29 bits per heavy atom. The largest absolute Gasteiger partial charge is 0.299 e. The van der Waals surface area contributed by atoms with Gasteiger partial charge in [-0.05, 0) is 38.7 Å². The van der Waals surface area contributed by atoms with Gasteiger partial charge >= 0.3 is 0 Å². The van der Waals surface area contributed by atoms with Crippen molar-refractivity contribution < 1.29 is 0 Å². The van der Waals surface area contributed by atoms with E-state index >= 15 is 0 Å². The van der Waals surface area contributed by atoms with Crippen LogP contribution in [0.1, 0.15) is 39.2 Å². The smallest absolute Gasteiger partial charge is 0.0688 e. The number of nitrogens with one attached hydrogen (secondary N) is 1. The summed E-state index contributed by atoms with van der Waals surface area (Å²) in [5.41, 5.74) is 1.47. The lowest BCUT2D eigenvalue weighted by atomic mass is 9.94. The zero-order valence-corrected chi connectivity index (χ0v) is 11.2. The van der Waals surface area contributed by atoms with Crippen molar-refractivity contribution in [1.29, 1.82) is 0 Å². The molecular weight excluding hydrogens is 206 g/mol. The van der Waals surface area contributed by atoms with Crippen LogP contribution < -0.4 is 5.32 Å². The highest BCUT2D eigenvalue weighted by molar-refractivity contribution is 5.15. The van der Waals surface area contributed by atoms with E-state index in [1.54, 1.807) is 0 Å². The standard InChI is InChI=1S/C16H23N/c1-5-15(6-2)17-16(3,4)13-12-14-10-8-7-9-11-14/h1,7-11,15,17H,6,12-13H2,2-4H3. The Balaban J connectivity index is 2.47. The summed E-state index contributed by atoms with van der Waals surface area (Å²) in [6.07, 6.45) is 8.64. The minimum absolute atomic E-state index is 0.0862. The Hall–Kier alpha value is -1.26. The average molecular weight is 229 g/mol. The van der Waals surface area contributed by atoms with Gasteiger partial charge in [-0.25, -0.2) is 0 Å². The first kappa shape index (κ1) is 13.8. The van der Waals surface area contributed by atoms with Crippen molar-refractivity contribution in [3.63, 3.8) is 0 Å². The molecule has 0 aliphatic rings. The molecule has 0 heterocycles. The van der Waals surface area contributed by atoms with Gasteiger partial charge in [0.2, 0.25) is 0 Å². The van der Waals surface area contributed by atoms with E-state index in [-0.39, 0.29) is 11.6 Å². The Bertz CT molecular complexity index is 359. The molecule has 1 nitrogen and oxygen atoms in total. The lowest BCUT2D eigenvalue weighted by Gasteiger charge is -2.29. The Kier molecular flexibility index (Phi) is 5.25. The quantitative estimate of drug-likeness (QED) is 0.737. The maximum atomic E-state index is 5.49. The van der Waals surface area contributed by atoms with Gasteiger partial charge < -0.3 is 0 Å². The number of hydrogen-bond acceptors (Lipinski definition) is 1. The second-order valence-electron chi connectivity index (χ2n) is 5.14. The fraction of sp³-hybridized carbons (Fsp3) is 0.500. The van der Waals surface area contributed by atoms with E-state index < -0.39 is 0 Å². The monoisotopic (exact) mass is 229 g/mol. The molecule has 0 aliphatic heterocycles. The van der Waals surface area contributed by atoms with Gasteiger partial charge in [-0.3, -0.25) is 5.32 Å². The molecule has 1 atom stereocenters. The van der Waals surface area contributed by atoms with Crippen LogP contribution in [0.5, 0.6) is 0 Å². The predicted molar refractivity (Wildman–Crippen MR) is 74.9 cm³/mol. The van der Waals surface area contributed by atoms with Gasteiger partial charge in [0.15, 0.2) is 0 Å². The van der Waals surface area contributed by atoms with Crippen molar-refractivity contribution in [1.82, 2.24) is 5.32 Å². The molecule has 1 N–H and O–H groups in total. The lowest BCUT2D eigenvalue weighted by Crippen LogP contribution is -2.45. The van der Waals surface area contributed by atoms with Gasteiger partial charge in [0, 0.05) is 5.54 Å². The van der Waals surface area contributed by atoms with E-state index in [9.17, 15) is 0 Å². The zero-order valence-electron chi connectivity index (χ0n) is 11.2. The summed E-state index contributed by atoms with van der Waals surface area (Å²) in [7, 11) is 0. The van der Waals surface area contributed by atoms with Crippen LogP contribution in [-0.2, 0) is 6.42 Å². The van der Waals surface area contributed by atoms with E-state index in [1.807, 2.05) is 0 Å². The summed E-state index contributed by atoms with van der Waals surface area (Å²) in [5.74, 6) is 2.79. The highest BCUT2D eigenvalue weighted by atomic mass is 15.0. The minimum Gasteiger partial charge on any atom is -0.299 e. The van der Waals surface area contributed by atoms with Crippen molar-refractivity contribution in [2.75, 3.05) is 0 Å². The Labute approximate surface area is 106 Å². The second-order valence-corrected chi connectivity index (χ2v) is 5.14. The van der Waals surface area contributed by atoms with Gasteiger partial charge in [0.1, 0.15) is 0 Å². The van der Waals surface area contributed by atoms with Crippen molar-refractivity contribution in [2.45, 2.75) is 51.6 Å². The first-order chi connectivity index (χ1) is 8.07. The lowest BCUT2D eigenvalue weighted by molar-refractivity contribution is 0.338. The van der Waals surface area contributed by atoms with E-state index in [2.05, 4.69) is 62.3 Å². The molecule has 1 unspecified atom stereocenters. The zero-order chi connectivity index (χ0) is 12.7. The molecule has 0 saturated heterocycles. The molecule has 0 fully saturated rings. The van der Waals surface area contributed by atoms with Crippen molar-refractivity contribution in [3.8, 4) is 12.3 Å². The summed E-state index contributed by atoms with van der Waals surface area (Å²) >= 11 is 0. The summed E-state index contributed by atoms with van der Waals surface area (Å²) in [5, 5.41) is 3.53. The molecule has 1 aromatic rings. The van der Waals surface area contributed by atoms with Crippen LogP contribution in [-0.4, -0.2) is 11.6 Å². The molecule has 17 heavy (non-hydrogen) atoms. The highest BCUT2D eigenvalue weighted by Gasteiger charge is 2.19. The molecule has 0 amide bonds. The van der Waals surface area contributed by atoms with E-state index in [4.69, 9.17) is 6.42 Å². The van der Waals surface area contributed by atoms with Gasteiger partial charge in [-0.1, -0.05) is 43.2 Å². The van der Waals surface area contributed by atoms with Crippen molar-refractivity contribution in [2.24, 2.45) is 0 Å². The molecule has 0 radical (unpaired) electrons. The predicted octanol–water partition coefficient (Wildman–Crippen LogP) is 3.40. The van der Waals surface area contributed by atoms with Crippen LogP contribution in [0.15, 0.2) is 30.3 Å². The maximum Gasteiger partial charge on any atom is 0.0688 e. The third kappa shape index (κ3) is 5.06. The normalized spacial score (nSPS) is 13.1. The molecule has 0 aromatic heterocycles. The van der Waals surface area contributed by atoms with E-state index in [0.717, 1.165) is 19.3 Å². The van der Waals surface area contributed by atoms with E-state index in [0.29, 0.717) is 0 Å². The van der Waals surface area contributed by atoms with Gasteiger partial charge in [0.25, 0.3) is 0 Å². The Morgan fingerprint density at radius 3 is 2.47 bits per heavy atom. The Morgan fingerprint density at radius 2 is 1.94 bits per heavy atom. The summed E-state index contributed by atoms with van der Waals surface area (Å²) < 4.78 is 0. The molecule has 1 rings (SSSR count). The second kappa shape index (κ2) is 6.47.